The first-order valence-corrected chi connectivity index (χ1v) is 5.48. The number of rotatable bonds is 7. The Morgan fingerprint density at radius 1 is 1.18 bits per heavy atom. The van der Waals surface area contributed by atoms with Crippen LogP contribution in [0.2, 0.25) is 0 Å². The molecule has 1 aromatic rings. The molecular formula is C12H17N3O2. The zero-order valence-electron chi connectivity index (χ0n) is 9.61. The minimum absolute atomic E-state index is 0.302. The zero-order valence-corrected chi connectivity index (χ0v) is 9.61. The molecule has 0 saturated heterocycles. The molecule has 0 fully saturated rings. The summed E-state index contributed by atoms with van der Waals surface area (Å²) in [5.74, 6) is -0.733. The molecule has 0 bridgehead atoms. The zero-order chi connectivity index (χ0) is 12.7. The number of nitrogens with one attached hydrogen (secondary N) is 1. The van der Waals surface area contributed by atoms with Crippen LogP contribution >= 0.6 is 0 Å². The van der Waals surface area contributed by atoms with Crippen LogP contribution in [0.1, 0.15) is 28.8 Å². The Morgan fingerprint density at radius 2 is 1.88 bits per heavy atom. The predicted octanol–water partition coefficient (Wildman–Crippen LogP) is 0.141. The fourth-order valence-corrected chi connectivity index (χ4v) is 1.53. The second-order valence-corrected chi connectivity index (χ2v) is 3.77. The maximum Gasteiger partial charge on any atom is 0.249 e. The Hall–Kier alpha value is -1.88. The lowest BCUT2D eigenvalue weighted by molar-refractivity contribution is -0.118. The van der Waals surface area contributed by atoms with Gasteiger partial charge >= 0.3 is 0 Å². The third-order valence-electron chi connectivity index (χ3n) is 2.38. The average molecular weight is 235 g/mol. The van der Waals surface area contributed by atoms with E-state index in [4.69, 9.17) is 11.5 Å². The van der Waals surface area contributed by atoms with Crippen molar-refractivity contribution in [2.45, 2.75) is 19.4 Å². The Bertz CT molecular complexity index is 404. The van der Waals surface area contributed by atoms with Crippen molar-refractivity contribution in [2.24, 2.45) is 11.5 Å². The van der Waals surface area contributed by atoms with Crippen molar-refractivity contribution in [1.29, 1.82) is 0 Å². The van der Waals surface area contributed by atoms with Crippen LogP contribution < -0.4 is 16.8 Å². The molecule has 0 saturated carbocycles. The molecule has 0 aromatic heterocycles. The smallest absolute Gasteiger partial charge is 0.249 e. The minimum Gasteiger partial charge on any atom is -0.370 e. The van der Waals surface area contributed by atoms with Gasteiger partial charge in [0.15, 0.2) is 0 Å². The number of hydrogen-bond acceptors (Lipinski definition) is 3. The third-order valence-corrected chi connectivity index (χ3v) is 2.38. The number of amides is 2. The van der Waals surface area contributed by atoms with Crippen LogP contribution in [0.25, 0.3) is 0 Å². The fourth-order valence-electron chi connectivity index (χ4n) is 1.53. The SMILES string of the molecule is NC(=O)CCCNCc1ccccc1C(N)=O. The van der Waals surface area contributed by atoms with Gasteiger partial charge in [-0.3, -0.25) is 9.59 Å². The molecule has 0 spiro atoms. The highest BCUT2D eigenvalue weighted by Crippen LogP contribution is 2.07. The first kappa shape index (κ1) is 13.2. The van der Waals surface area contributed by atoms with Gasteiger partial charge in [-0.25, -0.2) is 0 Å². The topological polar surface area (TPSA) is 98.2 Å². The molecule has 0 aliphatic heterocycles. The Labute approximate surface area is 100 Å². The summed E-state index contributed by atoms with van der Waals surface area (Å²) in [5.41, 5.74) is 11.7. The lowest BCUT2D eigenvalue weighted by atomic mass is 10.1. The van der Waals surface area contributed by atoms with Crippen LogP contribution in [0, 0.1) is 0 Å². The summed E-state index contributed by atoms with van der Waals surface area (Å²) in [6.07, 6.45) is 1.05. The quantitative estimate of drug-likeness (QED) is 0.586. The van der Waals surface area contributed by atoms with Gasteiger partial charge < -0.3 is 16.8 Å². The highest BCUT2D eigenvalue weighted by atomic mass is 16.1. The van der Waals surface area contributed by atoms with Crippen LogP contribution in [0.3, 0.4) is 0 Å². The normalized spacial score (nSPS) is 10.1. The van der Waals surface area contributed by atoms with E-state index in [1.807, 2.05) is 12.1 Å². The largest absolute Gasteiger partial charge is 0.370 e. The van der Waals surface area contributed by atoms with E-state index in [2.05, 4.69) is 5.32 Å². The van der Waals surface area contributed by atoms with Gasteiger partial charge in [0.1, 0.15) is 0 Å². The molecule has 0 heterocycles. The van der Waals surface area contributed by atoms with Gasteiger partial charge in [0.25, 0.3) is 0 Å². The molecular weight excluding hydrogens is 218 g/mol. The van der Waals surface area contributed by atoms with Crippen molar-refractivity contribution in [3.8, 4) is 0 Å². The van der Waals surface area contributed by atoms with E-state index in [9.17, 15) is 9.59 Å². The Kier molecular flexibility index (Phi) is 5.16. The molecule has 0 aliphatic rings. The average Bonchev–Trinajstić information content (AvgIpc) is 2.28. The van der Waals surface area contributed by atoms with Gasteiger partial charge in [0, 0.05) is 18.5 Å². The highest BCUT2D eigenvalue weighted by molar-refractivity contribution is 5.94. The maximum atomic E-state index is 11.1. The molecule has 1 aromatic carbocycles. The monoisotopic (exact) mass is 235 g/mol. The minimum atomic E-state index is -0.431. The van der Waals surface area contributed by atoms with Crippen molar-refractivity contribution in [2.75, 3.05) is 6.54 Å². The molecule has 5 heteroatoms. The molecule has 0 unspecified atom stereocenters. The van der Waals surface area contributed by atoms with Crippen molar-refractivity contribution in [3.63, 3.8) is 0 Å². The van der Waals surface area contributed by atoms with Crippen LogP contribution in [0.15, 0.2) is 24.3 Å². The second-order valence-electron chi connectivity index (χ2n) is 3.77. The number of carbonyl (C=O) groups is 2. The first-order chi connectivity index (χ1) is 8.11. The van der Waals surface area contributed by atoms with Crippen LogP contribution in [0.4, 0.5) is 0 Å². The van der Waals surface area contributed by atoms with Crippen LogP contribution in [-0.4, -0.2) is 18.4 Å². The molecule has 5 nitrogen and oxygen atoms in total. The summed E-state index contributed by atoms with van der Waals surface area (Å²) < 4.78 is 0. The standard InChI is InChI=1S/C12H17N3O2/c13-11(16)6-3-7-15-8-9-4-1-2-5-10(9)12(14)17/h1-2,4-5,15H,3,6-8H2,(H2,13,16)(H2,14,17). The van der Waals surface area contributed by atoms with Crippen molar-refractivity contribution < 1.29 is 9.59 Å². The van der Waals surface area contributed by atoms with Crippen LogP contribution in [0.5, 0.6) is 0 Å². The third kappa shape index (κ3) is 4.65. The highest BCUT2D eigenvalue weighted by Gasteiger charge is 2.05. The summed E-state index contributed by atoms with van der Waals surface area (Å²) in [6, 6.07) is 7.17. The van der Waals surface area contributed by atoms with E-state index in [0.717, 1.165) is 5.56 Å². The second kappa shape index (κ2) is 6.65. The molecule has 5 N–H and O–H groups in total. The maximum absolute atomic E-state index is 11.1. The molecule has 17 heavy (non-hydrogen) atoms. The number of primary amides is 2. The fraction of sp³-hybridized carbons (Fsp3) is 0.333. The number of nitrogens with two attached hydrogens (primary N) is 2. The molecule has 2 amide bonds. The lowest BCUT2D eigenvalue weighted by Gasteiger charge is -2.07. The van der Waals surface area contributed by atoms with E-state index in [1.54, 1.807) is 12.1 Å². The van der Waals surface area contributed by atoms with Crippen LogP contribution in [-0.2, 0) is 11.3 Å². The Morgan fingerprint density at radius 3 is 2.53 bits per heavy atom. The van der Waals surface area contributed by atoms with Crippen molar-refractivity contribution in [1.82, 2.24) is 5.32 Å². The summed E-state index contributed by atoms with van der Waals surface area (Å²) in [6.45, 7) is 1.23. The molecule has 1 rings (SSSR count). The van der Waals surface area contributed by atoms with E-state index < -0.39 is 5.91 Å². The first-order valence-electron chi connectivity index (χ1n) is 5.48. The van der Waals surface area contributed by atoms with E-state index in [0.29, 0.717) is 31.5 Å². The van der Waals surface area contributed by atoms with Gasteiger partial charge in [0.05, 0.1) is 0 Å². The Balaban J connectivity index is 2.41. The number of hydrogen-bond donors (Lipinski definition) is 3. The molecule has 0 radical (unpaired) electrons. The van der Waals surface area contributed by atoms with Gasteiger partial charge in [-0.15, -0.1) is 0 Å². The summed E-state index contributed by atoms with van der Waals surface area (Å²) >= 11 is 0. The number of carbonyl (C=O) groups excluding carboxylic acids is 2. The summed E-state index contributed by atoms with van der Waals surface area (Å²) in [5, 5.41) is 3.14. The van der Waals surface area contributed by atoms with Crippen molar-refractivity contribution >= 4 is 11.8 Å². The predicted molar refractivity (Wildman–Crippen MR) is 65.1 cm³/mol. The van der Waals surface area contributed by atoms with Gasteiger partial charge in [-0.05, 0) is 24.6 Å². The van der Waals surface area contributed by atoms with Gasteiger partial charge in [0.2, 0.25) is 11.8 Å². The van der Waals surface area contributed by atoms with Crippen molar-refractivity contribution in [3.05, 3.63) is 35.4 Å². The molecule has 0 aliphatic carbocycles. The molecule has 0 atom stereocenters. The van der Waals surface area contributed by atoms with E-state index >= 15 is 0 Å². The number of benzene rings is 1. The van der Waals surface area contributed by atoms with Gasteiger partial charge in [-0.2, -0.15) is 0 Å². The summed E-state index contributed by atoms with van der Waals surface area (Å²) in [4.78, 5) is 21.6. The summed E-state index contributed by atoms with van der Waals surface area (Å²) in [7, 11) is 0. The van der Waals surface area contributed by atoms with E-state index in [1.165, 1.54) is 0 Å². The lowest BCUT2D eigenvalue weighted by Crippen LogP contribution is -2.21. The molecule has 92 valence electrons. The van der Waals surface area contributed by atoms with Gasteiger partial charge in [-0.1, -0.05) is 18.2 Å². The van der Waals surface area contributed by atoms with E-state index in [-0.39, 0.29) is 5.91 Å².